The number of aromatic nitrogens is 1. The Bertz CT molecular complexity index is 834. The van der Waals surface area contributed by atoms with Gasteiger partial charge >= 0.3 is 6.18 Å². The van der Waals surface area contributed by atoms with Gasteiger partial charge in [-0.15, -0.1) is 22.7 Å². The molecule has 3 aromatic rings. The van der Waals surface area contributed by atoms with Crippen molar-refractivity contribution in [2.75, 3.05) is 0 Å². The second-order valence-corrected chi connectivity index (χ2v) is 6.26. The lowest BCUT2D eigenvalue weighted by atomic mass is 10.2. The molecule has 0 aliphatic heterocycles. The number of alkyl halides is 3. The Morgan fingerprint density at radius 1 is 1.10 bits per heavy atom. The highest BCUT2D eigenvalue weighted by Crippen LogP contribution is 2.34. The Hall–Kier alpha value is -1.80. The molecule has 0 amide bonds. The van der Waals surface area contributed by atoms with Gasteiger partial charge in [0.25, 0.3) is 0 Å². The molecule has 0 radical (unpaired) electrons. The fourth-order valence-corrected chi connectivity index (χ4v) is 3.56. The van der Waals surface area contributed by atoms with E-state index in [9.17, 15) is 22.4 Å². The molecule has 8 heteroatoms. The van der Waals surface area contributed by atoms with Crippen molar-refractivity contribution >= 4 is 38.5 Å². The quantitative estimate of drug-likeness (QED) is 0.501. The number of rotatable bonds is 2. The molecule has 0 saturated heterocycles. The average molecular weight is 331 g/mol. The first-order valence-electron chi connectivity index (χ1n) is 5.61. The molecule has 1 aromatic carbocycles. The summed E-state index contributed by atoms with van der Waals surface area (Å²) in [6, 6.07) is 5.54. The van der Waals surface area contributed by atoms with Gasteiger partial charge in [-0.3, -0.25) is 4.79 Å². The first kappa shape index (κ1) is 14.2. The van der Waals surface area contributed by atoms with E-state index in [-0.39, 0.29) is 9.75 Å². The number of ketones is 1. The molecular formula is C13H5F4NOS2. The van der Waals surface area contributed by atoms with Gasteiger partial charge in [-0.05, 0) is 29.7 Å². The topological polar surface area (TPSA) is 30.0 Å². The van der Waals surface area contributed by atoms with Crippen molar-refractivity contribution < 1.29 is 22.4 Å². The highest BCUT2D eigenvalue weighted by atomic mass is 32.1. The Balaban J connectivity index is 1.98. The van der Waals surface area contributed by atoms with Crippen LogP contribution in [-0.4, -0.2) is 10.8 Å². The fourth-order valence-electron chi connectivity index (χ4n) is 1.76. The van der Waals surface area contributed by atoms with Crippen LogP contribution in [0.2, 0.25) is 0 Å². The van der Waals surface area contributed by atoms with Crippen LogP contribution in [0.25, 0.3) is 10.1 Å². The molecule has 0 N–H and O–H groups in total. The van der Waals surface area contributed by atoms with Crippen molar-refractivity contribution in [3.8, 4) is 0 Å². The number of carbonyl (C=O) groups is 1. The molecule has 0 fully saturated rings. The molecule has 108 valence electrons. The number of hydrogen-bond acceptors (Lipinski definition) is 4. The van der Waals surface area contributed by atoms with Crippen LogP contribution in [-0.2, 0) is 6.18 Å². The first-order chi connectivity index (χ1) is 9.84. The minimum atomic E-state index is -4.56. The van der Waals surface area contributed by atoms with Gasteiger partial charge in [-0.1, -0.05) is 0 Å². The van der Waals surface area contributed by atoms with Gasteiger partial charge in [0, 0.05) is 10.9 Å². The lowest BCUT2D eigenvalue weighted by Gasteiger charge is -1.98. The highest BCUT2D eigenvalue weighted by Gasteiger charge is 2.35. The summed E-state index contributed by atoms with van der Waals surface area (Å²) in [5.41, 5.74) is 0. The minimum Gasteiger partial charge on any atom is -0.287 e. The highest BCUT2D eigenvalue weighted by molar-refractivity contribution is 7.22. The zero-order valence-corrected chi connectivity index (χ0v) is 11.7. The summed E-state index contributed by atoms with van der Waals surface area (Å²) < 4.78 is 51.2. The number of fused-ring (bicyclic) bond motifs is 1. The van der Waals surface area contributed by atoms with Gasteiger partial charge in [0.2, 0.25) is 5.78 Å². The number of benzene rings is 1. The van der Waals surface area contributed by atoms with E-state index in [0.717, 1.165) is 17.5 Å². The first-order valence-corrected chi connectivity index (χ1v) is 7.25. The molecular weight excluding hydrogens is 326 g/mol. The number of thiophene rings is 1. The van der Waals surface area contributed by atoms with E-state index in [1.165, 1.54) is 24.3 Å². The van der Waals surface area contributed by atoms with Gasteiger partial charge in [-0.25, -0.2) is 9.37 Å². The lowest BCUT2D eigenvalue weighted by Crippen LogP contribution is -2.03. The number of halogens is 4. The van der Waals surface area contributed by atoms with E-state index in [1.807, 2.05) is 0 Å². The summed E-state index contributed by atoms with van der Waals surface area (Å²) in [6.07, 6.45) is -3.65. The fraction of sp³-hybridized carbons (Fsp3) is 0.0769. The summed E-state index contributed by atoms with van der Waals surface area (Å²) in [6.45, 7) is 0. The van der Waals surface area contributed by atoms with Crippen molar-refractivity contribution in [1.29, 1.82) is 0 Å². The van der Waals surface area contributed by atoms with Gasteiger partial charge in [-0.2, -0.15) is 13.2 Å². The Morgan fingerprint density at radius 3 is 2.52 bits per heavy atom. The number of hydrogen-bond donors (Lipinski definition) is 0. The van der Waals surface area contributed by atoms with E-state index in [0.29, 0.717) is 21.4 Å². The Labute approximate surface area is 123 Å². The number of thiazole rings is 1. The smallest absolute Gasteiger partial charge is 0.287 e. The zero-order chi connectivity index (χ0) is 15.2. The Kier molecular flexibility index (Phi) is 3.29. The van der Waals surface area contributed by atoms with Crippen LogP contribution >= 0.6 is 22.7 Å². The van der Waals surface area contributed by atoms with Gasteiger partial charge in [0.05, 0.1) is 9.75 Å². The molecule has 2 aromatic heterocycles. The molecule has 0 bridgehead atoms. The van der Waals surface area contributed by atoms with Crippen LogP contribution < -0.4 is 0 Å². The van der Waals surface area contributed by atoms with E-state index in [4.69, 9.17) is 0 Å². The molecule has 2 nitrogen and oxygen atoms in total. The molecule has 2 heterocycles. The maximum atomic E-state index is 13.1. The lowest BCUT2D eigenvalue weighted by molar-refractivity contribution is -0.137. The van der Waals surface area contributed by atoms with Crippen LogP contribution in [0.5, 0.6) is 0 Å². The van der Waals surface area contributed by atoms with E-state index in [2.05, 4.69) is 4.98 Å². The van der Waals surface area contributed by atoms with E-state index < -0.39 is 22.8 Å². The van der Waals surface area contributed by atoms with Crippen molar-refractivity contribution in [1.82, 2.24) is 4.98 Å². The SMILES string of the molecule is O=C(c1cnc(C(F)(F)F)s1)c1cc2cc(F)ccc2s1. The average Bonchev–Trinajstić information content (AvgIpc) is 3.03. The normalized spacial score (nSPS) is 12.0. The van der Waals surface area contributed by atoms with Crippen LogP contribution in [0.15, 0.2) is 30.5 Å². The van der Waals surface area contributed by atoms with Crippen molar-refractivity contribution in [2.45, 2.75) is 6.18 Å². The van der Waals surface area contributed by atoms with Gasteiger partial charge in [0.15, 0.2) is 5.01 Å². The van der Waals surface area contributed by atoms with E-state index in [1.54, 1.807) is 0 Å². The zero-order valence-electron chi connectivity index (χ0n) is 10.1. The predicted molar refractivity (Wildman–Crippen MR) is 72.3 cm³/mol. The molecule has 0 aliphatic rings. The summed E-state index contributed by atoms with van der Waals surface area (Å²) in [4.78, 5) is 15.5. The molecule has 0 saturated carbocycles. The third-order valence-corrected chi connectivity index (χ3v) is 4.83. The molecule has 3 rings (SSSR count). The maximum Gasteiger partial charge on any atom is 0.443 e. The van der Waals surface area contributed by atoms with E-state index >= 15 is 0 Å². The summed E-state index contributed by atoms with van der Waals surface area (Å²) >= 11 is 1.41. The van der Waals surface area contributed by atoms with Crippen molar-refractivity contribution in [3.05, 3.63) is 51.0 Å². The maximum absolute atomic E-state index is 13.1. The molecule has 0 unspecified atom stereocenters. The number of nitrogens with zero attached hydrogens (tertiary/aromatic N) is 1. The minimum absolute atomic E-state index is 0.0886. The standard InChI is InChI=1S/C13H5F4NOS2/c14-7-1-2-8-6(3-7)4-9(20-8)11(19)10-5-18-12(21-10)13(15,16)17/h1-5H. The molecule has 21 heavy (non-hydrogen) atoms. The van der Waals surface area contributed by atoms with Gasteiger partial charge < -0.3 is 0 Å². The summed E-state index contributed by atoms with van der Waals surface area (Å²) in [5, 5.41) is -0.512. The monoisotopic (exact) mass is 331 g/mol. The summed E-state index contributed by atoms with van der Waals surface area (Å²) in [7, 11) is 0. The van der Waals surface area contributed by atoms with Crippen LogP contribution in [0.4, 0.5) is 17.6 Å². The van der Waals surface area contributed by atoms with Crippen LogP contribution in [0.3, 0.4) is 0 Å². The largest absolute Gasteiger partial charge is 0.443 e. The number of carbonyl (C=O) groups excluding carboxylic acids is 1. The van der Waals surface area contributed by atoms with Crippen molar-refractivity contribution in [2.24, 2.45) is 0 Å². The third kappa shape index (κ3) is 2.68. The second-order valence-electron chi connectivity index (χ2n) is 4.15. The molecule has 0 spiro atoms. The predicted octanol–water partition coefficient (Wildman–Crippen LogP) is 4.75. The van der Waals surface area contributed by atoms with Crippen LogP contribution in [0, 0.1) is 5.82 Å². The molecule has 0 aliphatic carbocycles. The Morgan fingerprint density at radius 2 is 1.86 bits per heavy atom. The third-order valence-electron chi connectivity index (χ3n) is 2.67. The van der Waals surface area contributed by atoms with Crippen molar-refractivity contribution in [3.63, 3.8) is 0 Å². The summed E-state index contributed by atoms with van der Waals surface area (Å²) in [5.74, 6) is -0.971. The van der Waals surface area contributed by atoms with Gasteiger partial charge in [0.1, 0.15) is 5.82 Å². The van der Waals surface area contributed by atoms with Crippen LogP contribution in [0.1, 0.15) is 19.6 Å². The molecule has 0 atom stereocenters. The second kappa shape index (κ2) is 4.88.